The SMILES string of the molecule is CCNC(=O)c1cccc(-c2ccc(O)c(OC)c2)c1. The van der Waals surface area contributed by atoms with Gasteiger partial charge < -0.3 is 15.2 Å². The topological polar surface area (TPSA) is 58.6 Å². The molecular weight excluding hydrogens is 254 g/mol. The van der Waals surface area contributed by atoms with Crippen LogP contribution < -0.4 is 10.1 Å². The number of amides is 1. The molecule has 0 saturated carbocycles. The minimum absolute atomic E-state index is 0.0936. The van der Waals surface area contributed by atoms with Gasteiger partial charge in [-0.25, -0.2) is 0 Å². The molecule has 104 valence electrons. The number of phenolic OH excluding ortho intramolecular Hbond substituents is 1. The van der Waals surface area contributed by atoms with Crippen LogP contribution in [0.5, 0.6) is 11.5 Å². The molecule has 0 aromatic heterocycles. The molecule has 0 heterocycles. The molecule has 0 fully saturated rings. The Bertz CT molecular complexity index is 623. The number of nitrogens with one attached hydrogen (secondary N) is 1. The lowest BCUT2D eigenvalue weighted by Crippen LogP contribution is -2.22. The smallest absolute Gasteiger partial charge is 0.251 e. The summed E-state index contributed by atoms with van der Waals surface area (Å²) in [6, 6.07) is 12.4. The summed E-state index contributed by atoms with van der Waals surface area (Å²) in [6.07, 6.45) is 0. The normalized spacial score (nSPS) is 10.1. The van der Waals surface area contributed by atoms with E-state index in [9.17, 15) is 9.90 Å². The van der Waals surface area contributed by atoms with Crippen LogP contribution in [0, 0.1) is 0 Å². The quantitative estimate of drug-likeness (QED) is 0.899. The summed E-state index contributed by atoms with van der Waals surface area (Å²) in [5.41, 5.74) is 2.38. The maximum Gasteiger partial charge on any atom is 0.251 e. The number of methoxy groups -OCH3 is 1. The fourth-order valence-corrected chi connectivity index (χ4v) is 1.96. The van der Waals surface area contributed by atoms with Crippen molar-refractivity contribution in [3.05, 3.63) is 48.0 Å². The number of phenols is 1. The van der Waals surface area contributed by atoms with E-state index >= 15 is 0 Å². The molecular formula is C16H17NO3. The van der Waals surface area contributed by atoms with Crippen molar-refractivity contribution in [2.75, 3.05) is 13.7 Å². The maximum absolute atomic E-state index is 11.8. The van der Waals surface area contributed by atoms with E-state index in [1.54, 1.807) is 24.3 Å². The van der Waals surface area contributed by atoms with Gasteiger partial charge in [-0.3, -0.25) is 4.79 Å². The van der Waals surface area contributed by atoms with Crippen LogP contribution >= 0.6 is 0 Å². The number of rotatable bonds is 4. The van der Waals surface area contributed by atoms with E-state index in [1.807, 2.05) is 25.1 Å². The molecule has 2 rings (SSSR count). The number of benzene rings is 2. The molecule has 0 radical (unpaired) electrons. The summed E-state index contributed by atoms with van der Waals surface area (Å²) < 4.78 is 5.09. The van der Waals surface area contributed by atoms with Crippen LogP contribution in [0.2, 0.25) is 0 Å². The molecule has 20 heavy (non-hydrogen) atoms. The number of hydrogen-bond acceptors (Lipinski definition) is 3. The van der Waals surface area contributed by atoms with Gasteiger partial charge in [0, 0.05) is 12.1 Å². The number of ether oxygens (including phenoxy) is 1. The first kappa shape index (κ1) is 13.9. The van der Waals surface area contributed by atoms with Crippen molar-refractivity contribution >= 4 is 5.91 Å². The maximum atomic E-state index is 11.8. The van der Waals surface area contributed by atoms with Gasteiger partial charge in [-0.1, -0.05) is 18.2 Å². The van der Waals surface area contributed by atoms with E-state index in [-0.39, 0.29) is 11.7 Å². The van der Waals surface area contributed by atoms with Gasteiger partial charge in [0.2, 0.25) is 0 Å². The summed E-state index contributed by atoms with van der Waals surface area (Å²) in [4.78, 5) is 11.8. The lowest BCUT2D eigenvalue weighted by Gasteiger charge is -2.08. The second-order valence-electron chi connectivity index (χ2n) is 4.33. The second kappa shape index (κ2) is 6.10. The Labute approximate surface area is 118 Å². The second-order valence-corrected chi connectivity index (χ2v) is 4.33. The first-order chi connectivity index (χ1) is 9.65. The van der Waals surface area contributed by atoms with Crippen molar-refractivity contribution < 1.29 is 14.6 Å². The van der Waals surface area contributed by atoms with E-state index in [0.717, 1.165) is 11.1 Å². The Morgan fingerprint density at radius 1 is 1.20 bits per heavy atom. The lowest BCUT2D eigenvalue weighted by molar-refractivity contribution is 0.0956. The zero-order valence-electron chi connectivity index (χ0n) is 11.5. The predicted molar refractivity (Wildman–Crippen MR) is 78.1 cm³/mol. The third-order valence-electron chi connectivity index (χ3n) is 2.98. The summed E-state index contributed by atoms with van der Waals surface area (Å²) in [6.45, 7) is 2.47. The van der Waals surface area contributed by atoms with Crippen molar-refractivity contribution in [2.24, 2.45) is 0 Å². The minimum Gasteiger partial charge on any atom is -0.504 e. The van der Waals surface area contributed by atoms with Crippen molar-refractivity contribution in [1.82, 2.24) is 5.32 Å². The fourth-order valence-electron chi connectivity index (χ4n) is 1.96. The first-order valence-corrected chi connectivity index (χ1v) is 6.41. The molecule has 0 bridgehead atoms. The van der Waals surface area contributed by atoms with E-state index in [4.69, 9.17) is 4.74 Å². The zero-order valence-corrected chi connectivity index (χ0v) is 11.5. The van der Waals surface area contributed by atoms with Crippen LogP contribution in [0.15, 0.2) is 42.5 Å². The highest BCUT2D eigenvalue weighted by atomic mass is 16.5. The van der Waals surface area contributed by atoms with Gasteiger partial charge in [-0.05, 0) is 42.3 Å². The van der Waals surface area contributed by atoms with E-state index in [2.05, 4.69) is 5.32 Å². The molecule has 0 unspecified atom stereocenters. The fraction of sp³-hybridized carbons (Fsp3) is 0.188. The minimum atomic E-state index is -0.0971. The van der Waals surface area contributed by atoms with Gasteiger partial charge in [0.15, 0.2) is 11.5 Å². The Hall–Kier alpha value is -2.49. The van der Waals surface area contributed by atoms with E-state index in [0.29, 0.717) is 17.9 Å². The standard InChI is InChI=1S/C16H17NO3/c1-3-17-16(19)13-6-4-5-11(9-13)12-7-8-14(18)15(10-12)20-2/h4-10,18H,3H2,1-2H3,(H,17,19). The average Bonchev–Trinajstić information content (AvgIpc) is 2.48. The molecule has 4 heteroatoms. The third-order valence-corrected chi connectivity index (χ3v) is 2.98. The van der Waals surface area contributed by atoms with Crippen molar-refractivity contribution in [1.29, 1.82) is 0 Å². The molecule has 2 N–H and O–H groups in total. The predicted octanol–water partition coefficient (Wildman–Crippen LogP) is 2.82. The average molecular weight is 271 g/mol. The molecule has 2 aromatic carbocycles. The highest BCUT2D eigenvalue weighted by Gasteiger charge is 2.08. The van der Waals surface area contributed by atoms with E-state index in [1.165, 1.54) is 7.11 Å². The van der Waals surface area contributed by atoms with Crippen molar-refractivity contribution in [2.45, 2.75) is 6.92 Å². The van der Waals surface area contributed by atoms with Crippen LogP contribution in [-0.2, 0) is 0 Å². The summed E-state index contributed by atoms with van der Waals surface area (Å²) >= 11 is 0. The highest BCUT2D eigenvalue weighted by molar-refractivity contribution is 5.95. The zero-order chi connectivity index (χ0) is 14.5. The van der Waals surface area contributed by atoms with Gasteiger partial charge >= 0.3 is 0 Å². The van der Waals surface area contributed by atoms with Crippen LogP contribution in [0.1, 0.15) is 17.3 Å². The van der Waals surface area contributed by atoms with Gasteiger partial charge in [0.25, 0.3) is 5.91 Å². The summed E-state index contributed by atoms with van der Waals surface area (Å²) in [7, 11) is 1.50. The van der Waals surface area contributed by atoms with Crippen LogP contribution in [0.3, 0.4) is 0 Å². The van der Waals surface area contributed by atoms with Crippen molar-refractivity contribution in [3.63, 3.8) is 0 Å². The van der Waals surface area contributed by atoms with E-state index < -0.39 is 0 Å². The monoisotopic (exact) mass is 271 g/mol. The molecule has 1 amide bonds. The van der Waals surface area contributed by atoms with Gasteiger partial charge in [-0.15, -0.1) is 0 Å². The molecule has 0 aliphatic heterocycles. The Balaban J connectivity index is 2.38. The molecule has 0 aliphatic carbocycles. The molecule has 0 aliphatic rings. The number of aromatic hydroxyl groups is 1. The van der Waals surface area contributed by atoms with Gasteiger partial charge in [0.05, 0.1) is 7.11 Å². The third kappa shape index (κ3) is 2.91. The molecule has 4 nitrogen and oxygen atoms in total. The van der Waals surface area contributed by atoms with Gasteiger partial charge in [0.1, 0.15) is 0 Å². The molecule has 2 aromatic rings. The van der Waals surface area contributed by atoms with Crippen molar-refractivity contribution in [3.8, 4) is 22.6 Å². The largest absolute Gasteiger partial charge is 0.504 e. The molecule has 0 atom stereocenters. The van der Waals surface area contributed by atoms with Crippen LogP contribution in [0.25, 0.3) is 11.1 Å². The lowest BCUT2D eigenvalue weighted by atomic mass is 10.0. The molecule has 0 spiro atoms. The number of carbonyl (C=O) groups excluding carboxylic acids is 1. The van der Waals surface area contributed by atoms with Gasteiger partial charge in [-0.2, -0.15) is 0 Å². The summed E-state index contributed by atoms with van der Waals surface area (Å²) in [5.74, 6) is 0.405. The first-order valence-electron chi connectivity index (χ1n) is 6.41. The number of hydrogen-bond donors (Lipinski definition) is 2. The Morgan fingerprint density at radius 2 is 1.95 bits per heavy atom. The summed E-state index contributed by atoms with van der Waals surface area (Å²) in [5, 5.41) is 12.4. The Kier molecular flexibility index (Phi) is 4.25. The molecule has 0 saturated heterocycles. The van der Waals surface area contributed by atoms with Crippen LogP contribution in [-0.4, -0.2) is 24.7 Å². The number of carbonyl (C=O) groups is 1. The Morgan fingerprint density at radius 3 is 2.65 bits per heavy atom. The van der Waals surface area contributed by atoms with Crippen LogP contribution in [0.4, 0.5) is 0 Å². The highest BCUT2D eigenvalue weighted by Crippen LogP contribution is 2.31.